The molecule has 0 heteroatoms. The Morgan fingerprint density at radius 2 is 1.94 bits per heavy atom. The summed E-state index contributed by atoms with van der Waals surface area (Å²) in [5, 5.41) is 0. The molecule has 16 heavy (non-hydrogen) atoms. The van der Waals surface area contributed by atoms with Crippen molar-refractivity contribution in [2.75, 3.05) is 0 Å². The van der Waals surface area contributed by atoms with Gasteiger partial charge in [-0.3, -0.25) is 0 Å². The molecule has 0 aliphatic heterocycles. The zero-order valence-electron chi connectivity index (χ0n) is 10.7. The predicted molar refractivity (Wildman–Crippen MR) is 71.6 cm³/mol. The van der Waals surface area contributed by atoms with Gasteiger partial charge in [-0.2, -0.15) is 0 Å². The van der Waals surface area contributed by atoms with E-state index in [-0.39, 0.29) is 0 Å². The van der Waals surface area contributed by atoms with Crippen LogP contribution in [0.4, 0.5) is 0 Å². The largest absolute Gasteiger partial charge is 0.0798 e. The van der Waals surface area contributed by atoms with E-state index in [4.69, 9.17) is 0 Å². The average Bonchev–Trinajstić information content (AvgIpc) is 2.29. The van der Waals surface area contributed by atoms with Crippen molar-refractivity contribution < 1.29 is 0 Å². The fourth-order valence-corrected chi connectivity index (χ4v) is 2.56. The molecular formula is C16H22. The van der Waals surface area contributed by atoms with Gasteiger partial charge in [-0.15, -0.1) is 0 Å². The maximum atomic E-state index is 2.46. The minimum atomic E-state index is 0.312. The van der Waals surface area contributed by atoms with E-state index in [1.54, 1.807) is 5.57 Å². The number of unbranched alkanes of at least 4 members (excludes halogenated alkanes) is 1. The number of benzene rings is 1. The van der Waals surface area contributed by atoms with Gasteiger partial charge in [0.1, 0.15) is 0 Å². The second-order valence-electron chi connectivity index (χ2n) is 5.47. The molecule has 0 radical (unpaired) electrons. The summed E-state index contributed by atoms with van der Waals surface area (Å²) >= 11 is 0. The Balaban J connectivity index is 2.36. The Kier molecular flexibility index (Phi) is 3.18. The molecule has 1 aliphatic rings. The smallest absolute Gasteiger partial charge is 0.00629 e. The van der Waals surface area contributed by atoms with Gasteiger partial charge in [0.15, 0.2) is 0 Å². The van der Waals surface area contributed by atoms with E-state index in [9.17, 15) is 0 Å². The van der Waals surface area contributed by atoms with Crippen LogP contribution in [0.1, 0.15) is 57.6 Å². The molecule has 0 bridgehead atoms. The Morgan fingerprint density at radius 3 is 2.69 bits per heavy atom. The van der Waals surface area contributed by atoms with Crippen molar-refractivity contribution in [3.8, 4) is 0 Å². The molecule has 86 valence electrons. The van der Waals surface area contributed by atoms with Crippen LogP contribution in [0.15, 0.2) is 30.3 Å². The number of rotatable bonds is 3. The van der Waals surface area contributed by atoms with Gasteiger partial charge in [0, 0.05) is 0 Å². The van der Waals surface area contributed by atoms with Crippen LogP contribution in [-0.4, -0.2) is 0 Å². The van der Waals surface area contributed by atoms with Gasteiger partial charge in [-0.1, -0.05) is 57.5 Å². The van der Waals surface area contributed by atoms with E-state index in [0.717, 1.165) is 0 Å². The fraction of sp³-hybridized carbons (Fsp3) is 0.500. The van der Waals surface area contributed by atoms with Crippen molar-refractivity contribution in [1.29, 1.82) is 0 Å². The number of fused-ring (bicyclic) bond motifs is 1. The summed E-state index contributed by atoms with van der Waals surface area (Å²) in [6, 6.07) is 8.93. The van der Waals surface area contributed by atoms with Gasteiger partial charge in [-0.05, 0) is 41.4 Å². The Bertz CT molecular complexity index is 396. The lowest BCUT2D eigenvalue weighted by molar-refractivity contribution is 0.525. The first-order valence-electron chi connectivity index (χ1n) is 6.44. The molecule has 0 amide bonds. The standard InChI is InChI=1S/C16H22/c1-4-5-8-13-11-12-16(2,3)15-10-7-6-9-14(13)15/h6-7,9-11H,4-5,8,12H2,1-3H3. The summed E-state index contributed by atoms with van der Waals surface area (Å²) < 4.78 is 0. The van der Waals surface area contributed by atoms with Crippen LogP contribution in [0.3, 0.4) is 0 Å². The van der Waals surface area contributed by atoms with Crippen molar-refractivity contribution in [2.24, 2.45) is 0 Å². The van der Waals surface area contributed by atoms with Crippen molar-refractivity contribution in [2.45, 2.75) is 51.9 Å². The second-order valence-corrected chi connectivity index (χ2v) is 5.47. The number of allylic oxidation sites excluding steroid dienone is 2. The summed E-state index contributed by atoms with van der Waals surface area (Å²) in [6.45, 7) is 6.96. The molecule has 0 heterocycles. The van der Waals surface area contributed by atoms with Crippen molar-refractivity contribution in [3.05, 3.63) is 41.5 Å². The molecule has 0 saturated carbocycles. The first-order chi connectivity index (χ1) is 7.65. The summed E-state index contributed by atoms with van der Waals surface area (Å²) in [5.41, 5.74) is 4.90. The molecule has 0 fully saturated rings. The number of hydrogen-bond donors (Lipinski definition) is 0. The van der Waals surface area contributed by atoms with E-state index < -0.39 is 0 Å². The van der Waals surface area contributed by atoms with Gasteiger partial charge in [0.25, 0.3) is 0 Å². The monoisotopic (exact) mass is 214 g/mol. The van der Waals surface area contributed by atoms with Crippen LogP contribution in [0, 0.1) is 0 Å². The molecule has 1 aliphatic carbocycles. The molecule has 1 aromatic rings. The third-order valence-corrected chi connectivity index (χ3v) is 3.66. The van der Waals surface area contributed by atoms with Crippen LogP contribution < -0.4 is 0 Å². The highest BCUT2D eigenvalue weighted by Crippen LogP contribution is 2.40. The van der Waals surface area contributed by atoms with Gasteiger partial charge < -0.3 is 0 Å². The first-order valence-corrected chi connectivity index (χ1v) is 6.44. The van der Waals surface area contributed by atoms with Gasteiger partial charge >= 0.3 is 0 Å². The quantitative estimate of drug-likeness (QED) is 0.668. The topological polar surface area (TPSA) is 0 Å². The second kappa shape index (κ2) is 4.45. The zero-order chi connectivity index (χ0) is 11.6. The van der Waals surface area contributed by atoms with Crippen molar-refractivity contribution >= 4 is 5.57 Å². The highest BCUT2D eigenvalue weighted by atomic mass is 14.3. The lowest BCUT2D eigenvalue weighted by Crippen LogP contribution is -2.21. The zero-order valence-corrected chi connectivity index (χ0v) is 10.7. The van der Waals surface area contributed by atoms with E-state index in [1.165, 1.54) is 36.8 Å². The molecule has 2 rings (SSSR count). The third kappa shape index (κ3) is 2.07. The first kappa shape index (κ1) is 11.4. The molecule has 0 nitrogen and oxygen atoms in total. The fourth-order valence-electron chi connectivity index (χ4n) is 2.56. The SMILES string of the molecule is CCCCC1=CCC(C)(C)c2ccccc21. The van der Waals surface area contributed by atoms with E-state index >= 15 is 0 Å². The highest BCUT2D eigenvalue weighted by Gasteiger charge is 2.26. The predicted octanol–water partition coefficient (Wildman–Crippen LogP) is 4.94. The van der Waals surface area contributed by atoms with Crippen molar-refractivity contribution in [1.82, 2.24) is 0 Å². The van der Waals surface area contributed by atoms with Gasteiger partial charge in [0.2, 0.25) is 0 Å². The van der Waals surface area contributed by atoms with Crippen LogP contribution in [0.25, 0.3) is 5.57 Å². The summed E-state index contributed by atoms with van der Waals surface area (Å²) in [7, 11) is 0. The van der Waals surface area contributed by atoms with E-state index in [0.29, 0.717) is 5.41 Å². The van der Waals surface area contributed by atoms with Gasteiger partial charge in [-0.25, -0.2) is 0 Å². The van der Waals surface area contributed by atoms with Crippen LogP contribution in [0.2, 0.25) is 0 Å². The summed E-state index contributed by atoms with van der Waals surface area (Å²) in [4.78, 5) is 0. The van der Waals surface area contributed by atoms with Gasteiger partial charge in [0.05, 0.1) is 0 Å². The molecule has 0 N–H and O–H groups in total. The number of hydrogen-bond acceptors (Lipinski definition) is 0. The Labute approximate surface area is 99.4 Å². The highest BCUT2D eigenvalue weighted by molar-refractivity contribution is 5.71. The van der Waals surface area contributed by atoms with Crippen LogP contribution in [-0.2, 0) is 5.41 Å². The molecular weight excluding hydrogens is 192 g/mol. The minimum absolute atomic E-state index is 0.312. The Morgan fingerprint density at radius 1 is 1.19 bits per heavy atom. The summed E-state index contributed by atoms with van der Waals surface area (Å²) in [6.07, 6.45) is 7.47. The Hall–Kier alpha value is -1.04. The molecule has 0 unspecified atom stereocenters. The van der Waals surface area contributed by atoms with E-state index in [2.05, 4.69) is 51.1 Å². The summed E-state index contributed by atoms with van der Waals surface area (Å²) in [5.74, 6) is 0. The van der Waals surface area contributed by atoms with Crippen LogP contribution >= 0.6 is 0 Å². The molecule has 0 saturated heterocycles. The van der Waals surface area contributed by atoms with Crippen molar-refractivity contribution in [3.63, 3.8) is 0 Å². The normalized spacial score (nSPS) is 17.8. The molecule has 1 aromatic carbocycles. The van der Waals surface area contributed by atoms with E-state index in [1.807, 2.05) is 0 Å². The maximum absolute atomic E-state index is 2.46. The molecule has 0 aromatic heterocycles. The van der Waals surface area contributed by atoms with Crippen LogP contribution in [0.5, 0.6) is 0 Å². The lowest BCUT2D eigenvalue weighted by atomic mass is 9.73. The average molecular weight is 214 g/mol. The third-order valence-electron chi connectivity index (χ3n) is 3.66. The molecule has 0 atom stereocenters. The molecule has 0 spiro atoms. The minimum Gasteiger partial charge on any atom is -0.0798 e. The lowest BCUT2D eigenvalue weighted by Gasteiger charge is -2.32. The maximum Gasteiger partial charge on any atom is -0.00629 e.